The van der Waals surface area contributed by atoms with E-state index in [0.29, 0.717) is 24.5 Å². The Hall–Kier alpha value is -1.06. The number of carbonyl (C=O) groups is 1. The highest BCUT2D eigenvalue weighted by Gasteiger charge is 2.19. The SMILES string of the molecule is CC(C)OCCC(Cc1ccccc1Cl)C(=O)O. The van der Waals surface area contributed by atoms with Crippen LogP contribution in [0.15, 0.2) is 24.3 Å². The van der Waals surface area contributed by atoms with Crippen LogP contribution in [0.25, 0.3) is 0 Å². The molecule has 1 N–H and O–H groups in total. The van der Waals surface area contributed by atoms with E-state index in [0.717, 1.165) is 5.56 Å². The van der Waals surface area contributed by atoms with Gasteiger partial charge in [-0.3, -0.25) is 4.79 Å². The Morgan fingerprint density at radius 2 is 2.06 bits per heavy atom. The van der Waals surface area contributed by atoms with Gasteiger partial charge in [-0.25, -0.2) is 0 Å². The first kappa shape index (κ1) is 15.0. The van der Waals surface area contributed by atoms with Gasteiger partial charge in [0.15, 0.2) is 0 Å². The topological polar surface area (TPSA) is 46.5 Å². The van der Waals surface area contributed by atoms with Gasteiger partial charge in [0.2, 0.25) is 0 Å². The van der Waals surface area contributed by atoms with Gasteiger partial charge in [-0.2, -0.15) is 0 Å². The Kier molecular flexibility index (Phi) is 6.16. The van der Waals surface area contributed by atoms with E-state index in [-0.39, 0.29) is 6.10 Å². The number of hydrogen-bond donors (Lipinski definition) is 1. The molecule has 0 fully saturated rings. The van der Waals surface area contributed by atoms with Crippen molar-refractivity contribution in [1.29, 1.82) is 0 Å². The van der Waals surface area contributed by atoms with Gasteiger partial charge >= 0.3 is 5.97 Å². The van der Waals surface area contributed by atoms with Gasteiger partial charge < -0.3 is 9.84 Å². The largest absolute Gasteiger partial charge is 0.481 e. The number of ether oxygens (including phenoxy) is 1. The Morgan fingerprint density at radius 1 is 1.39 bits per heavy atom. The van der Waals surface area contributed by atoms with E-state index >= 15 is 0 Å². The minimum absolute atomic E-state index is 0.125. The third-order valence-electron chi connectivity index (χ3n) is 2.69. The Bertz CT molecular complexity index is 390. The quantitative estimate of drug-likeness (QED) is 0.826. The average molecular weight is 271 g/mol. The molecule has 1 aromatic rings. The molecule has 1 unspecified atom stereocenters. The fourth-order valence-corrected chi connectivity index (χ4v) is 1.90. The van der Waals surface area contributed by atoms with E-state index in [4.69, 9.17) is 16.3 Å². The van der Waals surface area contributed by atoms with E-state index < -0.39 is 11.9 Å². The van der Waals surface area contributed by atoms with E-state index in [1.165, 1.54) is 0 Å². The van der Waals surface area contributed by atoms with Crippen molar-refractivity contribution in [3.8, 4) is 0 Å². The Labute approximate surface area is 113 Å². The predicted molar refractivity (Wildman–Crippen MR) is 72.0 cm³/mol. The van der Waals surface area contributed by atoms with Crippen molar-refractivity contribution in [3.63, 3.8) is 0 Å². The summed E-state index contributed by atoms with van der Waals surface area (Å²) < 4.78 is 5.39. The van der Waals surface area contributed by atoms with E-state index in [2.05, 4.69) is 0 Å². The lowest BCUT2D eigenvalue weighted by Gasteiger charge is -2.14. The molecule has 0 saturated carbocycles. The van der Waals surface area contributed by atoms with Crippen LogP contribution in [0.4, 0.5) is 0 Å². The summed E-state index contributed by atoms with van der Waals surface area (Å²) in [6.45, 7) is 4.33. The summed E-state index contributed by atoms with van der Waals surface area (Å²) in [7, 11) is 0. The van der Waals surface area contributed by atoms with Gasteiger partial charge in [0.05, 0.1) is 12.0 Å². The molecule has 1 rings (SSSR count). The normalized spacial score (nSPS) is 12.7. The van der Waals surface area contributed by atoms with Crippen LogP contribution in [0.2, 0.25) is 5.02 Å². The molecule has 0 amide bonds. The lowest BCUT2D eigenvalue weighted by molar-refractivity contribution is -0.142. The van der Waals surface area contributed by atoms with Crippen LogP contribution in [-0.4, -0.2) is 23.8 Å². The summed E-state index contributed by atoms with van der Waals surface area (Å²) in [6.07, 6.45) is 1.06. The molecule has 0 bridgehead atoms. The van der Waals surface area contributed by atoms with Crippen molar-refractivity contribution in [3.05, 3.63) is 34.9 Å². The highest BCUT2D eigenvalue weighted by molar-refractivity contribution is 6.31. The van der Waals surface area contributed by atoms with Crippen molar-refractivity contribution < 1.29 is 14.6 Å². The summed E-state index contributed by atoms with van der Waals surface area (Å²) >= 11 is 6.03. The maximum atomic E-state index is 11.2. The molecule has 4 heteroatoms. The first-order valence-electron chi connectivity index (χ1n) is 6.08. The van der Waals surface area contributed by atoms with Gasteiger partial charge in [0, 0.05) is 11.6 Å². The van der Waals surface area contributed by atoms with E-state index in [1.54, 1.807) is 6.07 Å². The smallest absolute Gasteiger partial charge is 0.306 e. The maximum Gasteiger partial charge on any atom is 0.306 e. The molecule has 0 spiro atoms. The number of hydrogen-bond acceptors (Lipinski definition) is 2. The molecule has 0 aliphatic carbocycles. The summed E-state index contributed by atoms with van der Waals surface area (Å²) in [5.41, 5.74) is 0.871. The fourth-order valence-electron chi connectivity index (χ4n) is 1.69. The van der Waals surface area contributed by atoms with Gasteiger partial charge in [-0.15, -0.1) is 0 Å². The molecule has 100 valence electrons. The zero-order valence-electron chi connectivity index (χ0n) is 10.7. The van der Waals surface area contributed by atoms with Crippen LogP contribution in [-0.2, 0) is 16.0 Å². The molecular weight excluding hydrogens is 252 g/mol. The van der Waals surface area contributed by atoms with E-state index in [9.17, 15) is 9.90 Å². The first-order chi connectivity index (χ1) is 8.50. The molecule has 3 nitrogen and oxygen atoms in total. The Balaban J connectivity index is 2.58. The highest BCUT2D eigenvalue weighted by atomic mass is 35.5. The molecule has 0 heterocycles. The molecular formula is C14H19ClO3. The Morgan fingerprint density at radius 3 is 2.61 bits per heavy atom. The summed E-state index contributed by atoms with van der Waals surface area (Å²) in [4.78, 5) is 11.2. The lowest BCUT2D eigenvalue weighted by Crippen LogP contribution is -2.19. The number of carboxylic acids is 1. The molecule has 18 heavy (non-hydrogen) atoms. The van der Waals surface area contributed by atoms with Gasteiger partial charge in [-0.1, -0.05) is 29.8 Å². The lowest BCUT2D eigenvalue weighted by atomic mass is 9.96. The number of benzene rings is 1. The molecule has 0 radical (unpaired) electrons. The number of carboxylic acid groups (broad SMARTS) is 1. The first-order valence-corrected chi connectivity index (χ1v) is 6.46. The van der Waals surface area contributed by atoms with Crippen molar-refractivity contribution in [2.45, 2.75) is 32.8 Å². The second kappa shape index (κ2) is 7.39. The minimum Gasteiger partial charge on any atom is -0.481 e. The molecule has 0 aliphatic heterocycles. The summed E-state index contributed by atoms with van der Waals surface area (Å²) in [5.74, 6) is -1.26. The summed E-state index contributed by atoms with van der Waals surface area (Å²) in [6, 6.07) is 7.34. The van der Waals surface area contributed by atoms with Crippen molar-refractivity contribution in [2.75, 3.05) is 6.61 Å². The molecule has 0 aromatic heterocycles. The van der Waals surface area contributed by atoms with Crippen molar-refractivity contribution >= 4 is 17.6 Å². The van der Waals surface area contributed by atoms with Crippen LogP contribution < -0.4 is 0 Å². The van der Waals surface area contributed by atoms with Crippen LogP contribution in [0.1, 0.15) is 25.8 Å². The average Bonchev–Trinajstić information content (AvgIpc) is 2.29. The van der Waals surface area contributed by atoms with Crippen LogP contribution >= 0.6 is 11.6 Å². The fraction of sp³-hybridized carbons (Fsp3) is 0.500. The zero-order valence-corrected chi connectivity index (χ0v) is 11.5. The maximum absolute atomic E-state index is 11.2. The predicted octanol–water partition coefficient (Wildman–Crippen LogP) is 3.40. The van der Waals surface area contributed by atoms with Crippen molar-refractivity contribution in [1.82, 2.24) is 0 Å². The third-order valence-corrected chi connectivity index (χ3v) is 3.06. The number of rotatable bonds is 7. The number of aliphatic carboxylic acids is 1. The van der Waals surface area contributed by atoms with Crippen LogP contribution in [0.3, 0.4) is 0 Å². The van der Waals surface area contributed by atoms with Gasteiger partial charge in [-0.05, 0) is 38.3 Å². The second-order valence-electron chi connectivity index (χ2n) is 4.54. The van der Waals surface area contributed by atoms with Crippen LogP contribution in [0.5, 0.6) is 0 Å². The second-order valence-corrected chi connectivity index (χ2v) is 4.95. The van der Waals surface area contributed by atoms with Gasteiger partial charge in [0.25, 0.3) is 0 Å². The third kappa shape index (κ3) is 5.07. The molecule has 0 aliphatic rings. The number of halogens is 1. The standard InChI is InChI=1S/C14H19ClO3/c1-10(2)18-8-7-12(14(16)17)9-11-5-3-4-6-13(11)15/h3-6,10,12H,7-9H2,1-2H3,(H,16,17). The summed E-state index contributed by atoms with van der Waals surface area (Å²) in [5, 5.41) is 9.81. The molecule has 1 atom stereocenters. The zero-order chi connectivity index (χ0) is 13.5. The van der Waals surface area contributed by atoms with E-state index in [1.807, 2.05) is 32.0 Å². The highest BCUT2D eigenvalue weighted by Crippen LogP contribution is 2.20. The van der Waals surface area contributed by atoms with Gasteiger partial charge in [0.1, 0.15) is 0 Å². The monoisotopic (exact) mass is 270 g/mol. The molecule has 0 saturated heterocycles. The minimum atomic E-state index is -0.803. The van der Waals surface area contributed by atoms with Crippen LogP contribution in [0, 0.1) is 5.92 Å². The van der Waals surface area contributed by atoms with Crippen molar-refractivity contribution in [2.24, 2.45) is 5.92 Å². The molecule has 1 aromatic carbocycles.